The zero-order chi connectivity index (χ0) is 11.7. The molecule has 0 fully saturated rings. The molecule has 1 N–H and O–H groups in total. The Balaban J connectivity index is 3.72. The molecule has 0 spiro atoms. The molecule has 2 unspecified atom stereocenters. The summed E-state index contributed by atoms with van der Waals surface area (Å²) in [5.74, 6) is 4.24. The Morgan fingerprint density at radius 3 is 2.20 bits per heavy atom. The van der Waals surface area contributed by atoms with E-state index in [1.807, 2.05) is 0 Å². The number of thioether (sulfide) groups is 1. The highest BCUT2D eigenvalue weighted by atomic mass is 32.2. The molecule has 0 heterocycles. The average molecular weight is 231 g/mol. The lowest BCUT2D eigenvalue weighted by Crippen LogP contribution is -2.33. The Morgan fingerprint density at radius 1 is 1.07 bits per heavy atom. The van der Waals surface area contributed by atoms with Crippen LogP contribution < -0.4 is 5.32 Å². The topological polar surface area (TPSA) is 12.0 Å². The van der Waals surface area contributed by atoms with Gasteiger partial charge >= 0.3 is 0 Å². The third-order valence-electron chi connectivity index (χ3n) is 2.65. The average Bonchev–Trinajstić information content (AvgIpc) is 2.17. The fourth-order valence-corrected chi connectivity index (χ4v) is 2.74. The van der Waals surface area contributed by atoms with Crippen LogP contribution in [0.15, 0.2) is 0 Å². The summed E-state index contributed by atoms with van der Waals surface area (Å²) in [5, 5.41) is 3.60. The van der Waals surface area contributed by atoms with Crippen molar-refractivity contribution >= 4 is 11.8 Å². The van der Waals surface area contributed by atoms with Crippen LogP contribution in [0, 0.1) is 11.8 Å². The second-order valence-electron chi connectivity index (χ2n) is 4.94. The van der Waals surface area contributed by atoms with Crippen LogP contribution in [0.4, 0.5) is 0 Å². The van der Waals surface area contributed by atoms with Gasteiger partial charge in [0.25, 0.3) is 0 Å². The summed E-state index contributed by atoms with van der Waals surface area (Å²) in [6.07, 6.45) is 2.63. The van der Waals surface area contributed by atoms with Crippen molar-refractivity contribution in [3.05, 3.63) is 0 Å². The van der Waals surface area contributed by atoms with Crippen molar-refractivity contribution in [1.29, 1.82) is 0 Å². The molecule has 2 atom stereocenters. The minimum absolute atomic E-state index is 0.716. The van der Waals surface area contributed by atoms with Crippen molar-refractivity contribution in [2.24, 2.45) is 11.8 Å². The van der Waals surface area contributed by atoms with Gasteiger partial charge in [0.1, 0.15) is 0 Å². The minimum atomic E-state index is 0.716. The van der Waals surface area contributed by atoms with Gasteiger partial charge in [-0.25, -0.2) is 0 Å². The van der Waals surface area contributed by atoms with Crippen molar-refractivity contribution in [3.63, 3.8) is 0 Å². The predicted molar refractivity (Wildman–Crippen MR) is 73.7 cm³/mol. The first-order valence-corrected chi connectivity index (χ1v) is 7.56. The van der Waals surface area contributed by atoms with Gasteiger partial charge in [-0.3, -0.25) is 0 Å². The second kappa shape index (κ2) is 9.53. The lowest BCUT2D eigenvalue weighted by Gasteiger charge is -2.21. The van der Waals surface area contributed by atoms with Crippen LogP contribution in [0.5, 0.6) is 0 Å². The number of hydrogen-bond donors (Lipinski definition) is 1. The van der Waals surface area contributed by atoms with E-state index in [0.29, 0.717) is 6.04 Å². The fraction of sp³-hybridized carbons (Fsp3) is 1.00. The van der Waals surface area contributed by atoms with E-state index < -0.39 is 0 Å². The molecule has 2 heteroatoms. The first-order chi connectivity index (χ1) is 7.10. The summed E-state index contributed by atoms with van der Waals surface area (Å²) in [4.78, 5) is 0. The molecule has 0 amide bonds. The van der Waals surface area contributed by atoms with Gasteiger partial charge in [-0.15, -0.1) is 0 Å². The maximum absolute atomic E-state index is 3.60. The Kier molecular flexibility index (Phi) is 9.73. The van der Waals surface area contributed by atoms with E-state index in [0.717, 1.165) is 18.4 Å². The Labute approximate surface area is 101 Å². The van der Waals surface area contributed by atoms with Gasteiger partial charge in [0.05, 0.1) is 0 Å². The number of nitrogens with one attached hydrogen (secondary N) is 1. The largest absolute Gasteiger partial charge is 0.313 e. The van der Waals surface area contributed by atoms with Crippen LogP contribution in [0.3, 0.4) is 0 Å². The standard InChI is InChI=1S/C13H29NS/c1-6-12(5)8-13(14-7-2)10-15-9-11(3)4/h11-14H,6-10H2,1-5H3. The van der Waals surface area contributed by atoms with Crippen molar-refractivity contribution in [3.8, 4) is 0 Å². The summed E-state index contributed by atoms with van der Waals surface area (Å²) in [6.45, 7) is 12.5. The Morgan fingerprint density at radius 2 is 1.73 bits per heavy atom. The molecule has 0 saturated carbocycles. The van der Waals surface area contributed by atoms with Crippen LogP contribution in [-0.4, -0.2) is 24.1 Å². The lowest BCUT2D eigenvalue weighted by molar-refractivity contribution is 0.423. The number of rotatable bonds is 9. The van der Waals surface area contributed by atoms with Crippen LogP contribution in [0.1, 0.15) is 47.5 Å². The molecule has 0 aromatic heterocycles. The Hall–Kier alpha value is 0.310. The van der Waals surface area contributed by atoms with Crippen LogP contribution in [-0.2, 0) is 0 Å². The molecule has 92 valence electrons. The summed E-state index contributed by atoms with van der Waals surface area (Å²) < 4.78 is 0. The van der Waals surface area contributed by atoms with Gasteiger partial charge < -0.3 is 5.32 Å². The van der Waals surface area contributed by atoms with Crippen LogP contribution in [0.2, 0.25) is 0 Å². The highest BCUT2D eigenvalue weighted by Crippen LogP contribution is 2.15. The second-order valence-corrected chi connectivity index (χ2v) is 6.01. The van der Waals surface area contributed by atoms with E-state index in [1.165, 1.54) is 24.3 Å². The van der Waals surface area contributed by atoms with Crippen molar-refractivity contribution < 1.29 is 0 Å². The maximum Gasteiger partial charge on any atom is 0.0160 e. The normalized spacial score (nSPS) is 15.6. The zero-order valence-corrected chi connectivity index (χ0v) is 12.0. The van der Waals surface area contributed by atoms with Crippen LogP contribution >= 0.6 is 11.8 Å². The SMILES string of the molecule is CCNC(CSCC(C)C)CC(C)CC. The predicted octanol–water partition coefficient (Wildman–Crippen LogP) is 3.79. The van der Waals surface area contributed by atoms with E-state index in [4.69, 9.17) is 0 Å². The van der Waals surface area contributed by atoms with E-state index >= 15 is 0 Å². The smallest absolute Gasteiger partial charge is 0.0160 e. The molecule has 15 heavy (non-hydrogen) atoms. The summed E-state index contributed by atoms with van der Waals surface area (Å²) in [6, 6.07) is 0.716. The van der Waals surface area contributed by atoms with Gasteiger partial charge in [-0.2, -0.15) is 11.8 Å². The van der Waals surface area contributed by atoms with Gasteiger partial charge in [0, 0.05) is 11.8 Å². The monoisotopic (exact) mass is 231 g/mol. The molecule has 0 rings (SSSR count). The molecule has 0 aliphatic heterocycles. The quantitative estimate of drug-likeness (QED) is 0.648. The first-order valence-electron chi connectivity index (χ1n) is 6.41. The van der Waals surface area contributed by atoms with Gasteiger partial charge in [0.2, 0.25) is 0 Å². The highest BCUT2D eigenvalue weighted by Gasteiger charge is 2.11. The maximum atomic E-state index is 3.60. The molecular weight excluding hydrogens is 202 g/mol. The molecule has 0 aromatic carbocycles. The minimum Gasteiger partial charge on any atom is -0.313 e. The first kappa shape index (κ1) is 15.3. The van der Waals surface area contributed by atoms with Crippen molar-refractivity contribution in [1.82, 2.24) is 5.32 Å². The summed E-state index contributed by atoms with van der Waals surface area (Å²) in [7, 11) is 0. The molecule has 0 radical (unpaired) electrons. The van der Waals surface area contributed by atoms with Crippen molar-refractivity contribution in [2.75, 3.05) is 18.1 Å². The molecule has 0 aromatic rings. The van der Waals surface area contributed by atoms with Gasteiger partial charge in [0.15, 0.2) is 0 Å². The molecule has 1 nitrogen and oxygen atoms in total. The summed E-state index contributed by atoms with van der Waals surface area (Å²) in [5.41, 5.74) is 0. The van der Waals surface area contributed by atoms with E-state index in [1.54, 1.807) is 0 Å². The third kappa shape index (κ3) is 9.25. The Bertz CT molecular complexity index is 136. The summed E-state index contributed by atoms with van der Waals surface area (Å²) >= 11 is 2.10. The zero-order valence-electron chi connectivity index (χ0n) is 11.2. The molecule has 0 aliphatic carbocycles. The fourth-order valence-electron chi connectivity index (χ4n) is 1.60. The van der Waals surface area contributed by atoms with E-state index in [2.05, 4.69) is 51.7 Å². The number of hydrogen-bond acceptors (Lipinski definition) is 2. The van der Waals surface area contributed by atoms with Gasteiger partial charge in [-0.05, 0) is 30.6 Å². The van der Waals surface area contributed by atoms with Crippen molar-refractivity contribution in [2.45, 2.75) is 53.5 Å². The molecule has 0 bridgehead atoms. The lowest BCUT2D eigenvalue weighted by atomic mass is 10.0. The molecular formula is C13H29NS. The molecule has 0 aliphatic rings. The van der Waals surface area contributed by atoms with E-state index in [-0.39, 0.29) is 0 Å². The third-order valence-corrected chi connectivity index (χ3v) is 4.19. The van der Waals surface area contributed by atoms with E-state index in [9.17, 15) is 0 Å². The highest BCUT2D eigenvalue weighted by molar-refractivity contribution is 7.99. The van der Waals surface area contributed by atoms with Gasteiger partial charge in [-0.1, -0.05) is 41.0 Å². The van der Waals surface area contributed by atoms with Crippen LogP contribution in [0.25, 0.3) is 0 Å². The molecule has 0 saturated heterocycles.